The van der Waals surface area contributed by atoms with Gasteiger partial charge in [0.05, 0.1) is 22.1 Å². The van der Waals surface area contributed by atoms with Gasteiger partial charge in [-0.05, 0) is 19.1 Å². The number of sulfonamides is 1. The second-order valence-corrected chi connectivity index (χ2v) is 5.68. The first-order chi connectivity index (χ1) is 7.75. The van der Waals surface area contributed by atoms with Crippen LogP contribution in [0.15, 0.2) is 23.1 Å². The Morgan fingerprint density at radius 2 is 1.82 bits per heavy atom. The summed E-state index contributed by atoms with van der Waals surface area (Å²) in [4.78, 5) is 10.1. The fourth-order valence-electron chi connectivity index (χ4n) is 1.08. The number of nitrogens with one attached hydrogen (secondary N) is 1. The van der Waals surface area contributed by atoms with E-state index in [1.807, 2.05) is 4.72 Å². The van der Waals surface area contributed by atoms with E-state index in [2.05, 4.69) is 0 Å². The summed E-state index contributed by atoms with van der Waals surface area (Å²) in [5.74, 6) is -1.54. The summed E-state index contributed by atoms with van der Waals surface area (Å²) < 4.78 is 25.5. The first kappa shape index (κ1) is 14.2. The van der Waals surface area contributed by atoms with E-state index < -0.39 is 22.0 Å². The number of aliphatic carboxylic acids is 1. The van der Waals surface area contributed by atoms with Gasteiger partial charge in [0, 0.05) is 0 Å². The predicted octanol–water partition coefficient (Wildman–Crippen LogP) is 0.410. The maximum absolute atomic E-state index is 11.8. The standard InChI is InChI=1S/C9H9Cl2NO4S/c1-5(9(13)14)12-17(15,16)8-6(10)3-2-4-7(8)11/h2-5,12H,1H3,(H,13,14)/p-1. The van der Waals surface area contributed by atoms with Gasteiger partial charge < -0.3 is 9.90 Å². The molecule has 1 aromatic carbocycles. The molecule has 0 fully saturated rings. The molecule has 0 saturated heterocycles. The van der Waals surface area contributed by atoms with Crippen LogP contribution in [0.4, 0.5) is 0 Å². The van der Waals surface area contributed by atoms with Gasteiger partial charge in [0.25, 0.3) is 0 Å². The Bertz CT molecular complexity index is 524. The van der Waals surface area contributed by atoms with Gasteiger partial charge in [0.15, 0.2) is 0 Å². The Morgan fingerprint density at radius 3 is 2.24 bits per heavy atom. The Kier molecular flexibility index (Phi) is 4.37. The van der Waals surface area contributed by atoms with E-state index in [-0.39, 0.29) is 14.9 Å². The first-order valence-corrected chi connectivity index (χ1v) is 6.67. The first-order valence-electron chi connectivity index (χ1n) is 4.43. The van der Waals surface area contributed by atoms with Crippen molar-refractivity contribution in [2.75, 3.05) is 0 Å². The lowest BCUT2D eigenvalue weighted by Crippen LogP contribution is -2.45. The highest BCUT2D eigenvalue weighted by Gasteiger charge is 2.23. The minimum Gasteiger partial charge on any atom is -0.548 e. The molecule has 1 atom stereocenters. The summed E-state index contributed by atoms with van der Waals surface area (Å²) in [5.41, 5.74) is 0. The van der Waals surface area contributed by atoms with Crippen molar-refractivity contribution in [3.05, 3.63) is 28.2 Å². The molecule has 5 nitrogen and oxygen atoms in total. The minimum atomic E-state index is -4.10. The Labute approximate surface area is 108 Å². The SMILES string of the molecule is CC(NS(=O)(=O)c1c(Cl)cccc1Cl)C(=O)[O-]. The van der Waals surface area contributed by atoms with Crippen LogP contribution in [0.25, 0.3) is 0 Å². The number of benzene rings is 1. The van der Waals surface area contributed by atoms with Crippen LogP contribution in [0.5, 0.6) is 0 Å². The number of hydrogen-bond donors (Lipinski definition) is 1. The van der Waals surface area contributed by atoms with E-state index in [0.717, 1.165) is 6.92 Å². The summed E-state index contributed by atoms with van der Waals surface area (Å²) in [7, 11) is -4.10. The molecule has 0 aliphatic rings. The smallest absolute Gasteiger partial charge is 0.244 e. The third-order valence-corrected chi connectivity index (χ3v) is 4.37. The molecule has 0 aliphatic heterocycles. The second kappa shape index (κ2) is 5.22. The minimum absolute atomic E-state index is 0.0875. The van der Waals surface area contributed by atoms with Gasteiger partial charge in [-0.2, -0.15) is 0 Å². The highest BCUT2D eigenvalue weighted by atomic mass is 35.5. The third kappa shape index (κ3) is 3.32. The van der Waals surface area contributed by atoms with E-state index in [1.165, 1.54) is 18.2 Å². The van der Waals surface area contributed by atoms with E-state index in [0.29, 0.717) is 0 Å². The highest BCUT2D eigenvalue weighted by molar-refractivity contribution is 7.89. The van der Waals surface area contributed by atoms with E-state index >= 15 is 0 Å². The average molecular weight is 297 g/mol. The van der Waals surface area contributed by atoms with Gasteiger partial charge >= 0.3 is 0 Å². The molecule has 0 heterocycles. The lowest BCUT2D eigenvalue weighted by atomic mass is 10.4. The van der Waals surface area contributed by atoms with Crippen molar-refractivity contribution >= 4 is 39.2 Å². The lowest BCUT2D eigenvalue weighted by Gasteiger charge is -2.16. The van der Waals surface area contributed by atoms with Crippen LogP contribution in [0.1, 0.15) is 6.92 Å². The molecule has 1 N–H and O–H groups in total. The average Bonchev–Trinajstić information content (AvgIpc) is 2.15. The Hall–Kier alpha value is -0.820. The van der Waals surface area contributed by atoms with Gasteiger partial charge in [0.1, 0.15) is 4.90 Å². The number of carbonyl (C=O) groups excluding carboxylic acids is 1. The van der Waals surface area contributed by atoms with Gasteiger partial charge in [-0.1, -0.05) is 29.3 Å². The lowest BCUT2D eigenvalue weighted by molar-refractivity contribution is -0.307. The summed E-state index contributed by atoms with van der Waals surface area (Å²) in [6.45, 7) is 1.14. The van der Waals surface area contributed by atoms with Crippen LogP contribution >= 0.6 is 23.2 Å². The molecule has 1 aromatic rings. The van der Waals surface area contributed by atoms with Gasteiger partial charge in [-0.3, -0.25) is 0 Å². The molecular weight excluding hydrogens is 289 g/mol. The summed E-state index contributed by atoms with van der Waals surface area (Å²) in [5, 5.41) is 10.3. The number of rotatable bonds is 4. The van der Waals surface area contributed by atoms with Crippen molar-refractivity contribution in [3.8, 4) is 0 Å². The molecule has 8 heteroatoms. The third-order valence-electron chi connectivity index (χ3n) is 1.87. The molecule has 0 aliphatic carbocycles. The molecular formula is C9H8Cl2NO4S-. The van der Waals surface area contributed by atoms with Crippen LogP contribution in [0, 0.1) is 0 Å². The summed E-state index contributed by atoms with van der Waals surface area (Å²) in [6, 6.07) is 2.77. The molecule has 1 rings (SSSR count). The van der Waals surface area contributed by atoms with Gasteiger partial charge in [-0.15, -0.1) is 0 Å². The summed E-state index contributed by atoms with van der Waals surface area (Å²) >= 11 is 11.4. The zero-order valence-electron chi connectivity index (χ0n) is 8.61. The van der Waals surface area contributed by atoms with Crippen molar-refractivity contribution in [2.45, 2.75) is 17.9 Å². The fourth-order valence-corrected chi connectivity index (χ4v) is 3.41. The predicted molar refractivity (Wildman–Crippen MR) is 61.3 cm³/mol. The number of carbonyl (C=O) groups is 1. The molecule has 0 aromatic heterocycles. The van der Waals surface area contributed by atoms with Crippen LogP contribution in [-0.2, 0) is 14.8 Å². The van der Waals surface area contributed by atoms with Crippen LogP contribution < -0.4 is 9.83 Å². The van der Waals surface area contributed by atoms with Crippen molar-refractivity contribution in [1.82, 2.24) is 4.72 Å². The van der Waals surface area contributed by atoms with Crippen molar-refractivity contribution < 1.29 is 18.3 Å². The summed E-state index contributed by atoms with van der Waals surface area (Å²) in [6.07, 6.45) is 0. The molecule has 94 valence electrons. The molecule has 0 bridgehead atoms. The number of carboxylic acid groups (broad SMARTS) is 1. The van der Waals surface area contributed by atoms with Crippen molar-refractivity contribution in [3.63, 3.8) is 0 Å². The Balaban J connectivity index is 3.19. The maximum Gasteiger partial charge on any atom is 0.244 e. The van der Waals surface area contributed by atoms with Gasteiger partial charge in [-0.25, -0.2) is 13.1 Å². The molecule has 0 amide bonds. The highest BCUT2D eigenvalue weighted by Crippen LogP contribution is 2.28. The molecule has 0 radical (unpaired) electrons. The quantitative estimate of drug-likeness (QED) is 0.872. The van der Waals surface area contributed by atoms with Crippen LogP contribution in [0.2, 0.25) is 10.0 Å². The normalized spacial score (nSPS) is 13.4. The zero-order valence-corrected chi connectivity index (χ0v) is 10.9. The Morgan fingerprint density at radius 1 is 1.35 bits per heavy atom. The number of hydrogen-bond acceptors (Lipinski definition) is 4. The van der Waals surface area contributed by atoms with E-state index in [1.54, 1.807) is 0 Å². The monoisotopic (exact) mass is 296 g/mol. The van der Waals surface area contributed by atoms with Crippen molar-refractivity contribution in [2.24, 2.45) is 0 Å². The topological polar surface area (TPSA) is 86.3 Å². The number of carboxylic acids is 1. The molecule has 0 saturated carbocycles. The van der Waals surface area contributed by atoms with E-state index in [9.17, 15) is 18.3 Å². The largest absolute Gasteiger partial charge is 0.548 e. The van der Waals surface area contributed by atoms with Gasteiger partial charge in [0.2, 0.25) is 10.0 Å². The van der Waals surface area contributed by atoms with Crippen molar-refractivity contribution in [1.29, 1.82) is 0 Å². The number of halogens is 2. The second-order valence-electron chi connectivity index (χ2n) is 3.21. The molecule has 0 spiro atoms. The van der Waals surface area contributed by atoms with Crippen LogP contribution in [0.3, 0.4) is 0 Å². The van der Waals surface area contributed by atoms with E-state index in [4.69, 9.17) is 23.2 Å². The van der Waals surface area contributed by atoms with Crippen LogP contribution in [-0.4, -0.2) is 20.4 Å². The zero-order chi connectivity index (χ0) is 13.2. The maximum atomic E-state index is 11.8. The molecule has 17 heavy (non-hydrogen) atoms. The molecule has 1 unspecified atom stereocenters. The fraction of sp³-hybridized carbons (Fsp3) is 0.222.